The van der Waals surface area contributed by atoms with E-state index in [0.29, 0.717) is 0 Å². The van der Waals surface area contributed by atoms with Crippen molar-refractivity contribution in [2.24, 2.45) is 5.41 Å². The fourth-order valence-electron chi connectivity index (χ4n) is 3.14. The zero-order valence-corrected chi connectivity index (χ0v) is 14.9. The van der Waals surface area contributed by atoms with Gasteiger partial charge in [0, 0.05) is 56.9 Å². The number of aliphatic hydroxyl groups excluding tert-OH is 1. The fourth-order valence-corrected chi connectivity index (χ4v) is 3.14. The van der Waals surface area contributed by atoms with Crippen molar-refractivity contribution in [1.29, 1.82) is 0 Å². The molecule has 1 aliphatic rings. The molecule has 5 nitrogen and oxygen atoms in total. The molecule has 6 heteroatoms. The molecule has 2 rings (SSSR count). The largest absolute Gasteiger partial charge is 0.396 e. The average molecular weight is 342 g/mol. The Balaban J connectivity index is 0.00000264. The molecular formula is C17H28ClN3O2. The highest BCUT2D eigenvalue weighted by Crippen LogP contribution is 2.38. The van der Waals surface area contributed by atoms with Crippen LogP contribution in [0.4, 0.5) is 5.69 Å². The number of nitrogens with zero attached hydrogens (tertiary/aromatic N) is 1. The molecule has 0 bridgehead atoms. The molecule has 1 saturated heterocycles. The molecule has 1 aromatic rings. The van der Waals surface area contributed by atoms with E-state index in [0.717, 1.165) is 31.9 Å². The predicted octanol–water partition coefficient (Wildman–Crippen LogP) is 2.03. The van der Waals surface area contributed by atoms with Crippen molar-refractivity contribution in [3.05, 3.63) is 29.8 Å². The summed E-state index contributed by atoms with van der Waals surface area (Å²) >= 11 is 0. The van der Waals surface area contributed by atoms with E-state index in [-0.39, 0.29) is 36.4 Å². The molecule has 3 N–H and O–H groups in total. The number of hydrogen-bond donors (Lipinski definition) is 3. The number of nitrogens with one attached hydrogen (secondary N) is 2. The van der Waals surface area contributed by atoms with Crippen LogP contribution in [-0.4, -0.2) is 48.7 Å². The summed E-state index contributed by atoms with van der Waals surface area (Å²) in [5, 5.41) is 16.0. The lowest BCUT2D eigenvalue weighted by molar-refractivity contribution is -0.114. The van der Waals surface area contributed by atoms with E-state index in [1.807, 2.05) is 12.1 Å². The number of halogens is 1. The first-order valence-corrected chi connectivity index (χ1v) is 7.87. The van der Waals surface area contributed by atoms with Crippen molar-refractivity contribution in [2.75, 3.05) is 38.1 Å². The number of hydrogen-bond acceptors (Lipinski definition) is 4. The van der Waals surface area contributed by atoms with Crippen molar-refractivity contribution < 1.29 is 9.90 Å². The second-order valence-corrected chi connectivity index (χ2v) is 6.64. The van der Waals surface area contributed by atoms with Gasteiger partial charge in [0.25, 0.3) is 0 Å². The Morgan fingerprint density at radius 1 is 1.30 bits per heavy atom. The Morgan fingerprint density at radius 3 is 2.35 bits per heavy atom. The van der Waals surface area contributed by atoms with Gasteiger partial charge < -0.3 is 15.7 Å². The highest BCUT2D eigenvalue weighted by molar-refractivity contribution is 5.88. The first-order chi connectivity index (χ1) is 10.4. The van der Waals surface area contributed by atoms with Crippen LogP contribution in [0.3, 0.4) is 0 Å². The number of carbonyl (C=O) groups excluding carboxylic acids is 1. The Bertz CT molecular complexity index is 499. The molecule has 0 aliphatic carbocycles. The number of piperazine rings is 1. The molecule has 0 aromatic heterocycles. The highest BCUT2D eigenvalue weighted by atomic mass is 35.5. The third kappa shape index (κ3) is 5.18. The lowest BCUT2D eigenvalue weighted by Gasteiger charge is -2.43. The number of aliphatic hydroxyl groups is 1. The second kappa shape index (κ2) is 8.64. The van der Waals surface area contributed by atoms with Crippen LogP contribution in [0.25, 0.3) is 0 Å². The maximum absolute atomic E-state index is 11.1. The van der Waals surface area contributed by atoms with Gasteiger partial charge in [0.2, 0.25) is 5.91 Å². The summed E-state index contributed by atoms with van der Waals surface area (Å²) < 4.78 is 0. The van der Waals surface area contributed by atoms with Crippen molar-refractivity contribution in [1.82, 2.24) is 10.2 Å². The minimum atomic E-state index is -0.229. The van der Waals surface area contributed by atoms with Gasteiger partial charge in [-0.2, -0.15) is 0 Å². The van der Waals surface area contributed by atoms with Gasteiger partial charge in [-0.05, 0) is 17.7 Å². The number of anilines is 1. The first kappa shape index (κ1) is 19.9. The summed E-state index contributed by atoms with van der Waals surface area (Å²) in [6, 6.07) is 8.12. The van der Waals surface area contributed by atoms with Gasteiger partial charge in [0.05, 0.1) is 0 Å². The molecule has 1 fully saturated rings. The normalized spacial score (nSPS) is 17.2. The first-order valence-electron chi connectivity index (χ1n) is 7.87. The third-order valence-corrected chi connectivity index (χ3v) is 4.21. The van der Waals surface area contributed by atoms with Gasteiger partial charge in [-0.25, -0.2) is 0 Å². The molecule has 0 unspecified atom stereocenters. The lowest BCUT2D eigenvalue weighted by atomic mass is 9.79. The third-order valence-electron chi connectivity index (χ3n) is 4.21. The number of amides is 1. The van der Waals surface area contributed by atoms with E-state index in [9.17, 15) is 9.90 Å². The SMILES string of the molecule is CC(=O)Nc1ccc([C@H](N2CCNCC2)C(C)(C)CO)cc1.Cl. The van der Waals surface area contributed by atoms with Gasteiger partial charge in [-0.3, -0.25) is 9.69 Å². The van der Waals surface area contributed by atoms with Crippen LogP contribution in [0.15, 0.2) is 24.3 Å². The molecule has 0 radical (unpaired) electrons. The number of rotatable bonds is 5. The predicted molar refractivity (Wildman–Crippen MR) is 96.0 cm³/mol. The van der Waals surface area contributed by atoms with Crippen LogP contribution < -0.4 is 10.6 Å². The summed E-state index contributed by atoms with van der Waals surface area (Å²) in [4.78, 5) is 13.6. The summed E-state index contributed by atoms with van der Waals surface area (Å²) in [5.74, 6) is -0.0675. The van der Waals surface area contributed by atoms with E-state index in [4.69, 9.17) is 0 Å². The smallest absolute Gasteiger partial charge is 0.221 e. The Hall–Kier alpha value is -1.14. The quantitative estimate of drug-likeness (QED) is 0.766. The van der Waals surface area contributed by atoms with Crippen LogP contribution in [0.1, 0.15) is 32.4 Å². The molecule has 0 saturated carbocycles. The lowest BCUT2D eigenvalue weighted by Crippen LogP contribution is -2.49. The maximum Gasteiger partial charge on any atom is 0.221 e. The number of carbonyl (C=O) groups is 1. The topological polar surface area (TPSA) is 64.6 Å². The van der Waals surface area contributed by atoms with Gasteiger partial charge >= 0.3 is 0 Å². The molecule has 0 spiro atoms. The van der Waals surface area contributed by atoms with Crippen LogP contribution in [0.5, 0.6) is 0 Å². The van der Waals surface area contributed by atoms with Crippen molar-refractivity contribution in [3.8, 4) is 0 Å². The Morgan fingerprint density at radius 2 is 1.87 bits per heavy atom. The van der Waals surface area contributed by atoms with Crippen LogP contribution in [0, 0.1) is 5.41 Å². The molecule has 130 valence electrons. The minimum absolute atomic E-state index is 0. The maximum atomic E-state index is 11.1. The highest BCUT2D eigenvalue weighted by Gasteiger charge is 2.35. The zero-order valence-electron chi connectivity index (χ0n) is 14.1. The van der Waals surface area contributed by atoms with E-state index >= 15 is 0 Å². The van der Waals surface area contributed by atoms with Gasteiger partial charge in [0.15, 0.2) is 0 Å². The minimum Gasteiger partial charge on any atom is -0.396 e. The van der Waals surface area contributed by atoms with Crippen molar-refractivity contribution in [3.63, 3.8) is 0 Å². The molecule has 1 aliphatic heterocycles. The van der Waals surface area contributed by atoms with E-state index in [2.05, 4.69) is 41.5 Å². The van der Waals surface area contributed by atoms with E-state index < -0.39 is 0 Å². The summed E-state index contributed by atoms with van der Waals surface area (Å²) in [6.45, 7) is 9.73. The van der Waals surface area contributed by atoms with Gasteiger partial charge in [0.1, 0.15) is 0 Å². The molecule has 1 heterocycles. The summed E-state index contributed by atoms with van der Waals surface area (Å²) in [5.41, 5.74) is 1.75. The van der Waals surface area contributed by atoms with Crippen molar-refractivity contribution in [2.45, 2.75) is 26.8 Å². The Labute approximate surface area is 144 Å². The molecule has 1 amide bonds. The molecular weight excluding hydrogens is 314 g/mol. The van der Waals surface area contributed by atoms with Crippen molar-refractivity contribution >= 4 is 24.0 Å². The van der Waals surface area contributed by atoms with Crippen LogP contribution in [0.2, 0.25) is 0 Å². The molecule has 23 heavy (non-hydrogen) atoms. The molecule has 1 aromatic carbocycles. The van der Waals surface area contributed by atoms with Crippen LogP contribution in [-0.2, 0) is 4.79 Å². The summed E-state index contributed by atoms with van der Waals surface area (Å²) in [7, 11) is 0. The van der Waals surface area contributed by atoms with Crippen LogP contribution >= 0.6 is 12.4 Å². The summed E-state index contributed by atoms with van der Waals surface area (Å²) in [6.07, 6.45) is 0. The standard InChI is InChI=1S/C17H27N3O2.ClH/c1-13(22)19-15-6-4-14(5-7-15)16(17(2,3)12-21)20-10-8-18-9-11-20;/h4-7,16,18,21H,8-12H2,1-3H3,(H,19,22);1H/t16-;/m0./s1. The van der Waals surface area contributed by atoms with Gasteiger partial charge in [-0.15, -0.1) is 12.4 Å². The monoisotopic (exact) mass is 341 g/mol. The van der Waals surface area contributed by atoms with Gasteiger partial charge in [-0.1, -0.05) is 26.0 Å². The number of benzene rings is 1. The van der Waals surface area contributed by atoms with E-state index in [1.54, 1.807) is 0 Å². The average Bonchev–Trinajstić information content (AvgIpc) is 2.49. The molecule has 1 atom stereocenters. The second-order valence-electron chi connectivity index (χ2n) is 6.64. The Kier molecular flexibility index (Phi) is 7.48. The zero-order chi connectivity index (χ0) is 16.2. The van der Waals surface area contributed by atoms with E-state index in [1.165, 1.54) is 12.5 Å². The fraction of sp³-hybridized carbons (Fsp3) is 0.588.